The number of halogens is 2. The van der Waals surface area contributed by atoms with Gasteiger partial charge in [-0.25, -0.2) is 13.2 Å². The van der Waals surface area contributed by atoms with Crippen LogP contribution in [-0.2, 0) is 10.0 Å². The van der Waals surface area contributed by atoms with Gasteiger partial charge in [-0.1, -0.05) is 39.7 Å². The minimum absolute atomic E-state index is 0.0545. The Bertz CT molecular complexity index is 872. The summed E-state index contributed by atoms with van der Waals surface area (Å²) in [5.41, 5.74) is 0.583. The molecule has 2 rings (SSSR count). The summed E-state index contributed by atoms with van der Waals surface area (Å²) in [6.07, 6.45) is 0. The van der Waals surface area contributed by atoms with E-state index in [0.717, 1.165) is 0 Å². The predicted octanol–water partition coefficient (Wildman–Crippen LogP) is 4.00. The lowest BCUT2D eigenvalue weighted by Crippen LogP contribution is -2.28. The van der Waals surface area contributed by atoms with E-state index in [4.69, 9.17) is 11.6 Å². The zero-order chi connectivity index (χ0) is 17.9. The lowest BCUT2D eigenvalue weighted by Gasteiger charge is -2.16. The molecule has 0 bridgehead atoms. The van der Waals surface area contributed by atoms with Gasteiger partial charge in [-0.3, -0.25) is 4.72 Å². The summed E-state index contributed by atoms with van der Waals surface area (Å²) in [5, 5.41) is 2.72. The van der Waals surface area contributed by atoms with Crippen LogP contribution in [0.4, 0.5) is 16.2 Å². The lowest BCUT2D eigenvalue weighted by atomic mass is 10.3. The monoisotopic (exact) mass is 431 g/mol. The van der Waals surface area contributed by atoms with E-state index in [0.29, 0.717) is 10.2 Å². The van der Waals surface area contributed by atoms with Gasteiger partial charge in [0.25, 0.3) is 10.0 Å². The molecule has 0 aliphatic heterocycles. The molecule has 0 saturated heterocycles. The summed E-state index contributed by atoms with van der Waals surface area (Å²) in [6.45, 7) is 0. The van der Waals surface area contributed by atoms with Gasteiger partial charge in [-0.05, 0) is 30.3 Å². The minimum atomic E-state index is -3.91. The van der Waals surface area contributed by atoms with Crippen molar-refractivity contribution in [3.05, 3.63) is 52.0 Å². The molecular weight excluding hydrogens is 418 g/mol. The number of benzene rings is 2. The van der Waals surface area contributed by atoms with Gasteiger partial charge in [0.05, 0.1) is 16.4 Å². The number of amides is 2. The van der Waals surface area contributed by atoms with Gasteiger partial charge in [0, 0.05) is 18.6 Å². The molecule has 2 aromatic carbocycles. The van der Waals surface area contributed by atoms with Gasteiger partial charge < -0.3 is 10.2 Å². The van der Waals surface area contributed by atoms with E-state index in [1.807, 2.05) is 0 Å². The molecular formula is C15H15BrClN3O3S. The third-order valence-corrected chi connectivity index (χ3v) is 5.34. The number of carbonyl (C=O) groups is 1. The van der Waals surface area contributed by atoms with Crippen molar-refractivity contribution in [2.75, 3.05) is 24.1 Å². The van der Waals surface area contributed by atoms with Gasteiger partial charge in [-0.2, -0.15) is 0 Å². The predicted molar refractivity (Wildman–Crippen MR) is 99.1 cm³/mol. The van der Waals surface area contributed by atoms with Crippen molar-refractivity contribution in [2.45, 2.75) is 4.90 Å². The number of urea groups is 1. The Balaban J connectivity index is 2.35. The number of hydrogen-bond donors (Lipinski definition) is 2. The molecule has 2 N–H and O–H groups in total. The molecule has 2 amide bonds. The quantitative estimate of drug-likeness (QED) is 0.766. The van der Waals surface area contributed by atoms with Gasteiger partial charge in [0.2, 0.25) is 0 Å². The first-order valence-corrected chi connectivity index (χ1v) is 9.41. The van der Waals surface area contributed by atoms with E-state index < -0.39 is 10.0 Å². The second-order valence-corrected chi connectivity index (χ2v) is 8.02. The Morgan fingerprint density at radius 3 is 2.33 bits per heavy atom. The second-order valence-electron chi connectivity index (χ2n) is 5.05. The van der Waals surface area contributed by atoms with Gasteiger partial charge in [0.15, 0.2) is 0 Å². The Labute approximate surface area is 154 Å². The molecule has 24 heavy (non-hydrogen) atoms. The highest BCUT2D eigenvalue weighted by atomic mass is 79.9. The zero-order valence-electron chi connectivity index (χ0n) is 12.9. The van der Waals surface area contributed by atoms with Crippen LogP contribution in [0.2, 0.25) is 5.02 Å². The van der Waals surface area contributed by atoms with Crippen LogP contribution in [0.5, 0.6) is 0 Å². The van der Waals surface area contributed by atoms with Crippen LogP contribution in [0.25, 0.3) is 0 Å². The van der Waals surface area contributed by atoms with Crippen molar-refractivity contribution in [1.29, 1.82) is 0 Å². The van der Waals surface area contributed by atoms with E-state index in [1.165, 1.54) is 17.0 Å². The summed E-state index contributed by atoms with van der Waals surface area (Å²) in [4.78, 5) is 13.1. The molecule has 0 radical (unpaired) electrons. The van der Waals surface area contributed by atoms with Crippen LogP contribution in [0.1, 0.15) is 0 Å². The van der Waals surface area contributed by atoms with Crippen LogP contribution >= 0.6 is 27.5 Å². The fourth-order valence-corrected chi connectivity index (χ4v) is 3.92. The second kappa shape index (κ2) is 7.42. The van der Waals surface area contributed by atoms with Gasteiger partial charge >= 0.3 is 6.03 Å². The van der Waals surface area contributed by atoms with E-state index >= 15 is 0 Å². The largest absolute Gasteiger partial charge is 0.331 e. The first-order valence-electron chi connectivity index (χ1n) is 6.76. The molecule has 0 aliphatic rings. The van der Waals surface area contributed by atoms with Crippen molar-refractivity contribution in [1.82, 2.24) is 4.90 Å². The molecule has 9 heteroatoms. The average molecular weight is 433 g/mol. The van der Waals surface area contributed by atoms with Crippen LogP contribution in [0.3, 0.4) is 0 Å². The summed E-state index contributed by atoms with van der Waals surface area (Å²) in [5.74, 6) is 0. The summed E-state index contributed by atoms with van der Waals surface area (Å²) >= 11 is 9.25. The molecule has 0 saturated carbocycles. The molecule has 0 spiro atoms. The molecule has 0 heterocycles. The van der Waals surface area contributed by atoms with Crippen molar-refractivity contribution >= 4 is 55.0 Å². The Hall–Kier alpha value is -1.77. The van der Waals surface area contributed by atoms with Crippen molar-refractivity contribution < 1.29 is 13.2 Å². The van der Waals surface area contributed by atoms with Crippen LogP contribution < -0.4 is 10.0 Å². The minimum Gasteiger partial charge on any atom is -0.331 e. The Morgan fingerprint density at radius 1 is 1.12 bits per heavy atom. The Morgan fingerprint density at radius 2 is 1.75 bits per heavy atom. The number of nitrogens with one attached hydrogen (secondary N) is 2. The maximum atomic E-state index is 12.6. The summed E-state index contributed by atoms with van der Waals surface area (Å²) in [7, 11) is -0.733. The molecule has 0 atom stereocenters. The topological polar surface area (TPSA) is 78.5 Å². The van der Waals surface area contributed by atoms with E-state index in [-0.39, 0.29) is 21.6 Å². The first kappa shape index (κ1) is 18.6. The number of carbonyl (C=O) groups excluding carboxylic acids is 1. The van der Waals surface area contributed by atoms with Gasteiger partial charge in [-0.15, -0.1) is 0 Å². The van der Waals surface area contributed by atoms with Crippen LogP contribution in [-0.4, -0.2) is 33.4 Å². The highest BCUT2D eigenvalue weighted by Crippen LogP contribution is 2.29. The molecule has 128 valence electrons. The molecule has 0 unspecified atom stereocenters. The number of nitrogens with zero attached hydrogens (tertiary/aromatic N) is 1. The van der Waals surface area contributed by atoms with Crippen LogP contribution in [0, 0.1) is 0 Å². The molecule has 6 nitrogen and oxygen atoms in total. The molecule has 0 fully saturated rings. The lowest BCUT2D eigenvalue weighted by molar-refractivity contribution is 0.230. The van der Waals surface area contributed by atoms with Crippen molar-refractivity contribution in [3.8, 4) is 0 Å². The SMILES string of the molecule is CN(C)C(=O)Nc1ccccc1NS(=O)(=O)c1ccc(Br)cc1Cl. The first-order chi connectivity index (χ1) is 11.2. The number of hydrogen-bond acceptors (Lipinski definition) is 3. The number of rotatable bonds is 4. The molecule has 2 aromatic rings. The maximum Gasteiger partial charge on any atom is 0.321 e. The zero-order valence-corrected chi connectivity index (χ0v) is 16.0. The van der Waals surface area contributed by atoms with Gasteiger partial charge in [0.1, 0.15) is 4.90 Å². The fraction of sp³-hybridized carbons (Fsp3) is 0.133. The standard InChI is InChI=1S/C15H15BrClN3O3S/c1-20(2)15(21)18-12-5-3-4-6-13(12)19-24(22,23)14-8-7-10(16)9-11(14)17/h3-9,19H,1-2H3,(H,18,21). The highest BCUT2D eigenvalue weighted by molar-refractivity contribution is 9.10. The summed E-state index contributed by atoms with van der Waals surface area (Å²) < 4.78 is 28.3. The molecule has 0 aromatic heterocycles. The number of sulfonamides is 1. The average Bonchev–Trinajstić information content (AvgIpc) is 2.48. The number of para-hydroxylation sites is 2. The Kier molecular flexibility index (Phi) is 5.74. The van der Waals surface area contributed by atoms with E-state index in [2.05, 4.69) is 26.0 Å². The highest BCUT2D eigenvalue weighted by Gasteiger charge is 2.20. The number of anilines is 2. The van der Waals surface area contributed by atoms with Crippen molar-refractivity contribution in [3.63, 3.8) is 0 Å². The van der Waals surface area contributed by atoms with E-state index in [1.54, 1.807) is 44.4 Å². The smallest absolute Gasteiger partial charge is 0.321 e. The third kappa shape index (κ3) is 4.40. The van der Waals surface area contributed by atoms with E-state index in [9.17, 15) is 13.2 Å². The fourth-order valence-electron chi connectivity index (χ4n) is 1.80. The normalized spacial score (nSPS) is 11.0. The third-order valence-electron chi connectivity index (χ3n) is 3.00. The maximum absolute atomic E-state index is 12.6. The molecule has 0 aliphatic carbocycles. The summed E-state index contributed by atoms with van der Waals surface area (Å²) in [6, 6.07) is 10.6. The van der Waals surface area contributed by atoms with Crippen LogP contribution in [0.15, 0.2) is 51.8 Å². The van der Waals surface area contributed by atoms with Crippen molar-refractivity contribution in [2.24, 2.45) is 0 Å².